The van der Waals surface area contributed by atoms with Crippen LogP contribution >= 0.6 is 0 Å². The maximum Gasteiger partial charge on any atom is 0.326 e. The van der Waals surface area contributed by atoms with Crippen molar-refractivity contribution in [2.45, 2.75) is 18.5 Å². The molecule has 2 saturated heterocycles. The molecule has 2 N–H and O–H groups in total. The van der Waals surface area contributed by atoms with Crippen LogP contribution in [-0.4, -0.2) is 48.8 Å². The van der Waals surface area contributed by atoms with Crippen molar-refractivity contribution in [1.82, 2.24) is 5.32 Å². The van der Waals surface area contributed by atoms with Gasteiger partial charge in [0.2, 0.25) is 11.8 Å². The maximum atomic E-state index is 13.6. The van der Waals surface area contributed by atoms with Gasteiger partial charge in [0.25, 0.3) is 0 Å². The minimum absolute atomic E-state index is 0.0748. The average Bonchev–Trinajstić information content (AvgIpc) is 3.26. The number of methoxy groups -OCH3 is 1. The molecular weight excluding hydrogens is 416 g/mol. The molecule has 0 bridgehead atoms. The first-order valence-electron chi connectivity index (χ1n) is 10.3. The predicted molar refractivity (Wildman–Crippen MR) is 111 cm³/mol. The van der Waals surface area contributed by atoms with Gasteiger partial charge in [-0.25, -0.2) is 4.90 Å². The second-order valence-electron chi connectivity index (χ2n) is 8.25. The molecule has 2 amide bonds. The summed E-state index contributed by atoms with van der Waals surface area (Å²) in [5, 5.41) is 12.8. The molecule has 9 heteroatoms. The third-order valence-electron chi connectivity index (χ3n) is 6.43. The summed E-state index contributed by atoms with van der Waals surface area (Å²) in [5.41, 5.74) is -0.372. The van der Waals surface area contributed by atoms with E-state index < -0.39 is 41.2 Å². The molecule has 0 saturated carbocycles. The lowest BCUT2D eigenvalue weighted by atomic mass is 9.80. The number of benzene rings is 2. The number of phenolic OH excluding ortho intramolecular Hbond substituents is 1. The number of carbonyl (C=O) groups excluding carboxylic acids is 3. The third-order valence-corrected chi connectivity index (χ3v) is 6.43. The Morgan fingerprint density at radius 2 is 1.78 bits per heavy atom. The Kier molecular flexibility index (Phi) is 4.59. The smallest absolute Gasteiger partial charge is 0.326 e. The van der Waals surface area contributed by atoms with E-state index in [2.05, 4.69) is 5.32 Å². The van der Waals surface area contributed by atoms with Gasteiger partial charge < -0.3 is 19.3 Å². The van der Waals surface area contributed by atoms with Gasteiger partial charge in [0, 0.05) is 12.1 Å². The van der Waals surface area contributed by atoms with E-state index in [0.717, 1.165) is 4.90 Å². The van der Waals surface area contributed by atoms with Gasteiger partial charge in [-0.05, 0) is 36.8 Å². The quantitative estimate of drug-likeness (QED) is 0.548. The monoisotopic (exact) mass is 438 g/mol. The van der Waals surface area contributed by atoms with Crippen molar-refractivity contribution in [2.24, 2.45) is 11.8 Å². The molecule has 2 fully saturated rings. The molecule has 2 aromatic carbocycles. The van der Waals surface area contributed by atoms with Crippen molar-refractivity contribution >= 4 is 23.5 Å². The predicted octanol–water partition coefficient (Wildman–Crippen LogP) is 1.55. The fraction of sp³-hybridized carbons (Fsp3) is 0.348. The molecule has 9 nitrogen and oxygen atoms in total. The van der Waals surface area contributed by atoms with Crippen LogP contribution in [0.15, 0.2) is 42.5 Å². The van der Waals surface area contributed by atoms with Gasteiger partial charge in [-0.2, -0.15) is 0 Å². The molecular formula is C23H22N2O7. The highest BCUT2D eigenvalue weighted by molar-refractivity contribution is 6.24. The van der Waals surface area contributed by atoms with E-state index >= 15 is 0 Å². The molecule has 3 aliphatic rings. The summed E-state index contributed by atoms with van der Waals surface area (Å²) < 4.78 is 16.1. The van der Waals surface area contributed by atoms with Crippen molar-refractivity contribution in [3.05, 3.63) is 48.0 Å². The number of amides is 2. The van der Waals surface area contributed by atoms with Gasteiger partial charge in [0.1, 0.15) is 24.5 Å². The molecule has 0 spiro atoms. The molecule has 0 aromatic heterocycles. The second-order valence-corrected chi connectivity index (χ2v) is 8.25. The first-order valence-corrected chi connectivity index (χ1v) is 10.3. The molecule has 0 unspecified atom stereocenters. The molecule has 32 heavy (non-hydrogen) atoms. The van der Waals surface area contributed by atoms with Gasteiger partial charge >= 0.3 is 5.97 Å². The summed E-state index contributed by atoms with van der Waals surface area (Å²) >= 11 is 0. The average molecular weight is 438 g/mol. The lowest BCUT2D eigenvalue weighted by Gasteiger charge is -2.29. The van der Waals surface area contributed by atoms with E-state index in [9.17, 15) is 19.5 Å². The summed E-state index contributed by atoms with van der Waals surface area (Å²) in [6.07, 6.45) is 0. The SMILES string of the molecule is COC(=O)[C@@]1(C)N[C@@H](c2ccc(O)cc2)[C@H]2C(=O)N(c3ccc4c(c3)OCCO4)C(=O)[C@H]21. The van der Waals surface area contributed by atoms with Crippen LogP contribution in [0.2, 0.25) is 0 Å². The third kappa shape index (κ3) is 2.85. The summed E-state index contributed by atoms with van der Waals surface area (Å²) in [7, 11) is 1.25. The Balaban J connectivity index is 1.58. The topological polar surface area (TPSA) is 114 Å². The summed E-state index contributed by atoms with van der Waals surface area (Å²) in [4.78, 5) is 41.1. The number of fused-ring (bicyclic) bond motifs is 2. The molecule has 2 aromatic rings. The lowest BCUT2D eigenvalue weighted by Crippen LogP contribution is -2.54. The standard InChI is InChI=1S/C23H22N2O7/c1-23(22(29)30-2)18-17(19(24-23)12-3-6-14(26)7-4-12)20(27)25(21(18)28)13-5-8-15-16(11-13)32-10-9-31-15/h3-8,11,17-19,24,26H,9-10H2,1-2H3/t17-,18-,19-,23-/m0/s1. The normalized spacial score (nSPS) is 28.6. The van der Waals surface area contributed by atoms with Crippen molar-refractivity contribution in [3.8, 4) is 17.2 Å². The number of ether oxygens (including phenoxy) is 3. The van der Waals surface area contributed by atoms with E-state index in [4.69, 9.17) is 14.2 Å². The van der Waals surface area contributed by atoms with E-state index in [1.54, 1.807) is 37.3 Å². The first kappa shape index (κ1) is 20.3. The summed E-state index contributed by atoms with van der Waals surface area (Å²) in [6, 6.07) is 10.6. The lowest BCUT2D eigenvalue weighted by molar-refractivity contribution is -0.151. The number of anilines is 1. The highest BCUT2D eigenvalue weighted by Crippen LogP contribution is 2.50. The van der Waals surface area contributed by atoms with Crippen LogP contribution in [0, 0.1) is 11.8 Å². The Hall–Kier alpha value is -3.59. The number of nitrogens with one attached hydrogen (secondary N) is 1. The van der Waals surface area contributed by atoms with E-state index in [0.29, 0.717) is 36.0 Å². The minimum atomic E-state index is -1.41. The number of hydrogen-bond acceptors (Lipinski definition) is 8. The Morgan fingerprint density at radius 3 is 2.47 bits per heavy atom. The molecule has 3 aliphatic heterocycles. The molecule has 0 aliphatic carbocycles. The van der Waals surface area contributed by atoms with Crippen LogP contribution in [0.3, 0.4) is 0 Å². The molecule has 5 rings (SSSR count). The zero-order valence-corrected chi connectivity index (χ0v) is 17.5. The zero-order chi connectivity index (χ0) is 22.6. The van der Waals surface area contributed by atoms with Crippen molar-refractivity contribution in [3.63, 3.8) is 0 Å². The second kappa shape index (κ2) is 7.23. The number of esters is 1. The van der Waals surface area contributed by atoms with Crippen molar-refractivity contribution < 1.29 is 33.7 Å². The van der Waals surface area contributed by atoms with Gasteiger partial charge in [0.15, 0.2) is 11.5 Å². The van der Waals surface area contributed by atoms with E-state index in [1.165, 1.54) is 19.2 Å². The largest absolute Gasteiger partial charge is 0.508 e. The Bertz CT molecular complexity index is 1120. The maximum absolute atomic E-state index is 13.6. The summed E-state index contributed by atoms with van der Waals surface area (Å²) in [5.74, 6) is -2.26. The van der Waals surface area contributed by atoms with Crippen LogP contribution in [0.1, 0.15) is 18.5 Å². The number of rotatable bonds is 3. The number of hydrogen-bond donors (Lipinski definition) is 2. The number of nitrogens with zero attached hydrogens (tertiary/aromatic N) is 1. The molecule has 3 heterocycles. The fourth-order valence-corrected chi connectivity index (χ4v) is 4.93. The summed E-state index contributed by atoms with van der Waals surface area (Å²) in [6.45, 7) is 2.38. The van der Waals surface area contributed by atoms with E-state index in [-0.39, 0.29) is 5.75 Å². The number of imide groups is 1. The molecule has 166 valence electrons. The van der Waals surface area contributed by atoms with Crippen molar-refractivity contribution in [1.29, 1.82) is 0 Å². The first-order chi connectivity index (χ1) is 15.3. The Labute approximate surface area is 183 Å². The van der Waals surface area contributed by atoms with Crippen molar-refractivity contribution in [2.75, 3.05) is 25.2 Å². The van der Waals surface area contributed by atoms with Gasteiger partial charge in [-0.15, -0.1) is 0 Å². The molecule has 4 atom stereocenters. The zero-order valence-electron chi connectivity index (χ0n) is 17.5. The minimum Gasteiger partial charge on any atom is -0.508 e. The Morgan fingerprint density at radius 1 is 1.09 bits per heavy atom. The van der Waals surface area contributed by atoms with Crippen LogP contribution in [0.25, 0.3) is 0 Å². The highest BCUT2D eigenvalue weighted by Gasteiger charge is 2.67. The number of phenols is 1. The van der Waals surface area contributed by atoms with Gasteiger partial charge in [-0.1, -0.05) is 12.1 Å². The number of carbonyl (C=O) groups is 3. The fourth-order valence-electron chi connectivity index (χ4n) is 4.93. The van der Waals surface area contributed by atoms with Crippen LogP contribution < -0.4 is 19.7 Å². The van der Waals surface area contributed by atoms with Gasteiger partial charge in [0.05, 0.1) is 24.6 Å². The van der Waals surface area contributed by atoms with Crippen LogP contribution in [-0.2, 0) is 19.1 Å². The van der Waals surface area contributed by atoms with Crippen LogP contribution in [0.4, 0.5) is 5.69 Å². The van der Waals surface area contributed by atoms with Crippen LogP contribution in [0.5, 0.6) is 17.2 Å². The molecule has 0 radical (unpaired) electrons. The highest BCUT2D eigenvalue weighted by atomic mass is 16.6. The number of aromatic hydroxyl groups is 1. The van der Waals surface area contributed by atoms with Gasteiger partial charge in [-0.3, -0.25) is 19.7 Å². The van der Waals surface area contributed by atoms with E-state index in [1.807, 2.05) is 0 Å².